The molecule has 0 aliphatic carbocycles. The van der Waals surface area contributed by atoms with Crippen molar-refractivity contribution in [1.82, 2.24) is 19.2 Å². The second-order valence-electron chi connectivity index (χ2n) is 8.58. The molecule has 0 unspecified atom stereocenters. The van der Waals surface area contributed by atoms with E-state index in [4.69, 9.17) is 0 Å². The van der Waals surface area contributed by atoms with Crippen LogP contribution in [-0.4, -0.2) is 38.4 Å². The number of carbonyl (C=O) groups is 1. The van der Waals surface area contributed by atoms with Gasteiger partial charge in [-0.15, -0.1) is 5.10 Å². The number of hydrogen-bond donors (Lipinski definition) is 1. The molecular formula is C20H26F3N5O2. The van der Waals surface area contributed by atoms with Crippen molar-refractivity contribution in [1.29, 1.82) is 0 Å². The van der Waals surface area contributed by atoms with E-state index >= 15 is 0 Å². The highest BCUT2D eigenvalue weighted by molar-refractivity contribution is 5.89. The lowest BCUT2D eigenvalue weighted by Gasteiger charge is -2.31. The average molecular weight is 425 g/mol. The van der Waals surface area contributed by atoms with Crippen LogP contribution in [0.4, 0.5) is 23.7 Å². The number of likely N-dealkylation sites (tertiary alicyclic amines) is 1. The number of rotatable bonds is 2. The Balaban J connectivity index is 1.62. The van der Waals surface area contributed by atoms with Gasteiger partial charge in [0.15, 0.2) is 0 Å². The van der Waals surface area contributed by atoms with Crippen molar-refractivity contribution >= 4 is 11.7 Å². The zero-order valence-electron chi connectivity index (χ0n) is 17.5. The van der Waals surface area contributed by atoms with E-state index in [1.807, 2.05) is 24.3 Å². The summed E-state index contributed by atoms with van der Waals surface area (Å²) in [5, 5.41) is 6.33. The van der Waals surface area contributed by atoms with E-state index < -0.39 is 23.7 Å². The summed E-state index contributed by atoms with van der Waals surface area (Å²) in [6.07, 6.45) is -3.99. The van der Waals surface area contributed by atoms with E-state index in [1.165, 1.54) is 0 Å². The predicted octanol–water partition coefficient (Wildman–Crippen LogP) is 3.77. The minimum atomic E-state index is -4.69. The van der Waals surface area contributed by atoms with Crippen LogP contribution in [0.15, 0.2) is 29.1 Å². The third-order valence-electron chi connectivity index (χ3n) is 5.36. The van der Waals surface area contributed by atoms with E-state index in [1.54, 1.807) is 4.90 Å². The Morgan fingerprint density at radius 3 is 2.13 bits per heavy atom. The molecule has 7 nitrogen and oxygen atoms in total. The van der Waals surface area contributed by atoms with Crippen molar-refractivity contribution in [2.75, 3.05) is 18.4 Å². The van der Waals surface area contributed by atoms with Crippen molar-refractivity contribution in [2.24, 2.45) is 7.05 Å². The molecule has 2 aromatic rings. The molecule has 1 fully saturated rings. The average Bonchev–Trinajstić information content (AvgIpc) is 2.97. The largest absolute Gasteiger partial charge is 0.451 e. The Morgan fingerprint density at radius 1 is 1.10 bits per heavy atom. The number of nitrogens with one attached hydrogen (secondary N) is 1. The van der Waals surface area contributed by atoms with Gasteiger partial charge in [-0.3, -0.25) is 4.57 Å². The lowest BCUT2D eigenvalue weighted by atomic mass is 9.87. The van der Waals surface area contributed by atoms with Crippen LogP contribution in [-0.2, 0) is 18.6 Å². The summed E-state index contributed by atoms with van der Waals surface area (Å²) < 4.78 is 40.3. The molecular weight excluding hydrogens is 399 g/mol. The highest BCUT2D eigenvalue weighted by atomic mass is 19.4. The van der Waals surface area contributed by atoms with Crippen molar-refractivity contribution in [2.45, 2.75) is 51.2 Å². The van der Waals surface area contributed by atoms with Gasteiger partial charge in [-0.05, 0) is 36.0 Å². The van der Waals surface area contributed by atoms with Crippen LogP contribution < -0.4 is 11.0 Å². The Bertz CT molecular complexity index is 962. The van der Waals surface area contributed by atoms with Gasteiger partial charge in [0.1, 0.15) is 0 Å². The minimum Gasteiger partial charge on any atom is -0.324 e. The number of aromatic nitrogens is 3. The number of nitrogens with zero attached hydrogens (tertiary/aromatic N) is 4. The van der Waals surface area contributed by atoms with Crippen LogP contribution in [0.3, 0.4) is 0 Å². The molecule has 1 aromatic carbocycles. The van der Waals surface area contributed by atoms with Crippen LogP contribution in [0, 0.1) is 0 Å². The topological polar surface area (TPSA) is 72.2 Å². The van der Waals surface area contributed by atoms with Gasteiger partial charge < -0.3 is 10.2 Å². The smallest absolute Gasteiger partial charge is 0.324 e. The lowest BCUT2D eigenvalue weighted by Crippen LogP contribution is -2.43. The van der Waals surface area contributed by atoms with E-state index in [0.29, 0.717) is 36.2 Å². The quantitative estimate of drug-likeness (QED) is 0.796. The molecule has 1 aromatic heterocycles. The highest BCUT2D eigenvalue weighted by Gasteiger charge is 2.39. The van der Waals surface area contributed by atoms with Gasteiger partial charge in [0.05, 0.1) is 6.04 Å². The van der Waals surface area contributed by atoms with Crippen molar-refractivity contribution in [3.63, 3.8) is 0 Å². The lowest BCUT2D eigenvalue weighted by molar-refractivity contribution is -0.147. The number of piperidine rings is 1. The van der Waals surface area contributed by atoms with Crippen molar-refractivity contribution in [3.05, 3.63) is 46.1 Å². The first-order valence-electron chi connectivity index (χ1n) is 9.77. The summed E-state index contributed by atoms with van der Waals surface area (Å²) in [7, 11) is 1.06. The fourth-order valence-electron chi connectivity index (χ4n) is 3.51. The van der Waals surface area contributed by atoms with Gasteiger partial charge in [-0.2, -0.15) is 13.2 Å². The third-order valence-corrected chi connectivity index (χ3v) is 5.36. The summed E-state index contributed by atoms with van der Waals surface area (Å²) >= 11 is 0. The van der Waals surface area contributed by atoms with Crippen LogP contribution in [0.5, 0.6) is 0 Å². The minimum absolute atomic E-state index is 0.0138. The standard InChI is InChI=1S/C20H26F3N5O2/c1-19(2,3)13-5-7-14(8-6-13)24-17(29)27-11-9-15(10-12-27)28-18(30)26(4)16(25-28)20(21,22)23/h5-8,15H,9-12H2,1-4H3,(H,24,29). The molecule has 1 aliphatic rings. The zero-order valence-corrected chi connectivity index (χ0v) is 17.5. The number of urea groups is 1. The van der Waals surface area contributed by atoms with Crippen molar-refractivity contribution < 1.29 is 18.0 Å². The maximum atomic E-state index is 13.0. The molecule has 0 radical (unpaired) electrons. The fraction of sp³-hybridized carbons (Fsp3) is 0.550. The molecule has 0 saturated carbocycles. The Labute approximate surface area is 172 Å². The SMILES string of the molecule is Cn1c(C(F)(F)F)nn(C2CCN(C(=O)Nc3ccc(C(C)(C)C)cc3)CC2)c1=O. The van der Waals surface area contributed by atoms with Crippen LogP contribution in [0.1, 0.15) is 51.0 Å². The second-order valence-corrected chi connectivity index (χ2v) is 8.58. The summed E-state index contributed by atoms with van der Waals surface area (Å²) in [5.41, 5.74) is 1.04. The molecule has 1 aliphatic heterocycles. The van der Waals surface area contributed by atoms with Gasteiger partial charge in [0.25, 0.3) is 0 Å². The monoisotopic (exact) mass is 425 g/mol. The van der Waals surface area contributed by atoms with Gasteiger partial charge in [0.2, 0.25) is 5.82 Å². The normalized spacial score (nSPS) is 16.0. The third kappa shape index (κ3) is 4.52. The van der Waals surface area contributed by atoms with Gasteiger partial charge in [0, 0.05) is 25.8 Å². The summed E-state index contributed by atoms with van der Waals surface area (Å²) in [6, 6.07) is 6.87. The van der Waals surface area contributed by atoms with Gasteiger partial charge in [-0.25, -0.2) is 14.3 Å². The number of halogens is 3. The summed E-state index contributed by atoms with van der Waals surface area (Å²) in [6.45, 7) is 6.96. The first-order chi connectivity index (χ1) is 13.9. The highest BCUT2D eigenvalue weighted by Crippen LogP contribution is 2.28. The molecule has 0 bridgehead atoms. The molecule has 0 atom stereocenters. The Hall–Kier alpha value is -2.78. The van der Waals surface area contributed by atoms with Crippen LogP contribution in [0.25, 0.3) is 0 Å². The number of amides is 2. The van der Waals surface area contributed by atoms with Gasteiger partial charge >= 0.3 is 17.9 Å². The van der Waals surface area contributed by atoms with Crippen LogP contribution >= 0.6 is 0 Å². The Kier molecular flexibility index (Phi) is 5.70. The molecule has 30 heavy (non-hydrogen) atoms. The number of anilines is 1. The molecule has 1 N–H and O–H groups in total. The second kappa shape index (κ2) is 7.81. The number of hydrogen-bond acceptors (Lipinski definition) is 3. The number of carbonyl (C=O) groups excluding carboxylic acids is 1. The van der Waals surface area contributed by atoms with E-state index in [2.05, 4.69) is 31.2 Å². The first-order valence-corrected chi connectivity index (χ1v) is 9.77. The molecule has 0 spiro atoms. The molecule has 10 heteroatoms. The molecule has 2 amide bonds. The molecule has 1 saturated heterocycles. The predicted molar refractivity (Wildman–Crippen MR) is 106 cm³/mol. The number of alkyl halides is 3. The van der Waals surface area contributed by atoms with Crippen LogP contribution in [0.2, 0.25) is 0 Å². The first kappa shape index (κ1) is 21.9. The van der Waals surface area contributed by atoms with Gasteiger partial charge in [-0.1, -0.05) is 32.9 Å². The molecule has 2 heterocycles. The van der Waals surface area contributed by atoms with E-state index in [0.717, 1.165) is 17.3 Å². The van der Waals surface area contributed by atoms with E-state index in [9.17, 15) is 22.8 Å². The molecule has 3 rings (SSSR count). The van der Waals surface area contributed by atoms with E-state index in [-0.39, 0.29) is 11.4 Å². The summed E-state index contributed by atoms with van der Waals surface area (Å²) in [4.78, 5) is 26.3. The summed E-state index contributed by atoms with van der Waals surface area (Å²) in [5.74, 6) is -1.22. The Morgan fingerprint density at radius 2 is 1.67 bits per heavy atom. The van der Waals surface area contributed by atoms with Crippen molar-refractivity contribution in [3.8, 4) is 0 Å². The molecule has 164 valence electrons. The maximum absolute atomic E-state index is 13.0. The fourth-order valence-corrected chi connectivity index (χ4v) is 3.51. The maximum Gasteiger partial charge on any atom is 0.451 e. The number of benzene rings is 1. The zero-order chi connectivity index (χ0) is 22.3.